The van der Waals surface area contributed by atoms with Crippen LogP contribution in [0.4, 0.5) is 0 Å². The number of nitrogens with two attached hydrogens (primary N) is 1. The highest BCUT2D eigenvalue weighted by atomic mass is 16.1. The first-order valence-electron chi connectivity index (χ1n) is 5.66. The number of carbonyl (C=O) groups excluding carboxylic acids is 1. The van der Waals surface area contributed by atoms with Gasteiger partial charge in [-0.3, -0.25) is 9.36 Å². The number of pyridine rings is 1. The van der Waals surface area contributed by atoms with Crippen LogP contribution in [0.3, 0.4) is 0 Å². The highest BCUT2D eigenvalue weighted by Crippen LogP contribution is 2.07. The third-order valence-corrected chi connectivity index (χ3v) is 2.51. The van der Waals surface area contributed by atoms with Gasteiger partial charge in [-0.05, 0) is 19.1 Å². The van der Waals surface area contributed by atoms with E-state index in [0.717, 1.165) is 0 Å². The summed E-state index contributed by atoms with van der Waals surface area (Å²) in [5.74, 6) is 0.497. The van der Waals surface area contributed by atoms with Gasteiger partial charge in [-0.25, -0.2) is 9.97 Å². The van der Waals surface area contributed by atoms with Crippen molar-refractivity contribution in [3.05, 3.63) is 42.6 Å². The normalized spacial score (nSPS) is 12.1. The summed E-state index contributed by atoms with van der Waals surface area (Å²) in [6, 6.07) is 3.32. The van der Waals surface area contributed by atoms with Gasteiger partial charge in [-0.2, -0.15) is 0 Å². The van der Waals surface area contributed by atoms with Crippen molar-refractivity contribution in [1.29, 1.82) is 0 Å². The van der Waals surface area contributed by atoms with Gasteiger partial charge in [0.15, 0.2) is 0 Å². The van der Waals surface area contributed by atoms with Crippen LogP contribution in [-0.2, 0) is 0 Å². The molecular weight excluding hydrogens is 230 g/mol. The minimum absolute atomic E-state index is 0.0534. The fraction of sp³-hybridized carbons (Fsp3) is 0.250. The molecule has 2 aromatic rings. The first kappa shape index (κ1) is 12.3. The lowest BCUT2D eigenvalue weighted by atomic mass is 10.2. The molecule has 0 unspecified atom stereocenters. The van der Waals surface area contributed by atoms with Gasteiger partial charge in [0.25, 0.3) is 5.91 Å². The number of aromatic nitrogens is 3. The van der Waals surface area contributed by atoms with Crippen molar-refractivity contribution in [1.82, 2.24) is 19.9 Å². The molecule has 0 aliphatic carbocycles. The molecular formula is C12H15N5O. The van der Waals surface area contributed by atoms with E-state index in [0.29, 0.717) is 17.9 Å². The molecule has 94 valence electrons. The molecule has 2 aromatic heterocycles. The molecule has 2 rings (SSSR count). The Balaban J connectivity index is 2.20. The van der Waals surface area contributed by atoms with Gasteiger partial charge in [0.2, 0.25) is 0 Å². The van der Waals surface area contributed by atoms with Gasteiger partial charge in [0, 0.05) is 36.7 Å². The van der Waals surface area contributed by atoms with Gasteiger partial charge in [-0.15, -0.1) is 0 Å². The average molecular weight is 245 g/mol. The van der Waals surface area contributed by atoms with Crippen molar-refractivity contribution in [2.45, 2.75) is 13.0 Å². The zero-order valence-electron chi connectivity index (χ0n) is 10.1. The highest BCUT2D eigenvalue weighted by Gasteiger charge is 2.09. The SMILES string of the molecule is C[C@@H](CN)NC(=O)c1ccnc(-n2ccnc2)c1. The predicted octanol–water partition coefficient (Wildman–Crippen LogP) is 0.344. The molecule has 0 fully saturated rings. The monoisotopic (exact) mass is 245 g/mol. The number of rotatable bonds is 4. The lowest BCUT2D eigenvalue weighted by Crippen LogP contribution is -2.37. The molecule has 0 saturated heterocycles. The highest BCUT2D eigenvalue weighted by molar-refractivity contribution is 5.94. The van der Waals surface area contributed by atoms with Crippen molar-refractivity contribution >= 4 is 5.91 Å². The van der Waals surface area contributed by atoms with E-state index in [-0.39, 0.29) is 11.9 Å². The van der Waals surface area contributed by atoms with Crippen molar-refractivity contribution in [3.8, 4) is 5.82 Å². The first-order chi connectivity index (χ1) is 8.70. The Labute approximate surface area is 105 Å². The number of amides is 1. The summed E-state index contributed by atoms with van der Waals surface area (Å²) in [4.78, 5) is 20.0. The second-order valence-corrected chi connectivity index (χ2v) is 3.98. The number of hydrogen-bond donors (Lipinski definition) is 2. The second kappa shape index (κ2) is 5.42. The lowest BCUT2D eigenvalue weighted by Gasteiger charge is -2.11. The Morgan fingerprint density at radius 1 is 1.56 bits per heavy atom. The molecule has 18 heavy (non-hydrogen) atoms. The molecule has 3 N–H and O–H groups in total. The standard InChI is InChI=1S/C12H15N5O/c1-9(7-13)16-12(18)10-2-3-15-11(6-10)17-5-4-14-8-17/h2-6,8-9H,7,13H2,1H3,(H,16,18)/t9-/m0/s1. The molecule has 0 bridgehead atoms. The quantitative estimate of drug-likeness (QED) is 0.813. The van der Waals surface area contributed by atoms with E-state index in [1.807, 2.05) is 6.92 Å². The van der Waals surface area contributed by atoms with Crippen LogP contribution in [0.25, 0.3) is 5.82 Å². The number of hydrogen-bond acceptors (Lipinski definition) is 4. The van der Waals surface area contributed by atoms with Crippen LogP contribution >= 0.6 is 0 Å². The fourth-order valence-corrected chi connectivity index (χ4v) is 1.46. The van der Waals surface area contributed by atoms with E-state index in [4.69, 9.17) is 5.73 Å². The fourth-order valence-electron chi connectivity index (χ4n) is 1.46. The third kappa shape index (κ3) is 2.72. The molecule has 1 atom stereocenters. The average Bonchev–Trinajstić information content (AvgIpc) is 2.92. The molecule has 6 nitrogen and oxygen atoms in total. The largest absolute Gasteiger partial charge is 0.348 e. The zero-order valence-corrected chi connectivity index (χ0v) is 10.1. The maximum absolute atomic E-state index is 11.9. The van der Waals surface area contributed by atoms with Gasteiger partial charge in [0.1, 0.15) is 12.1 Å². The number of nitrogens with one attached hydrogen (secondary N) is 1. The van der Waals surface area contributed by atoms with Crippen molar-refractivity contribution in [3.63, 3.8) is 0 Å². The molecule has 0 aliphatic rings. The molecule has 0 aromatic carbocycles. The molecule has 0 aliphatic heterocycles. The Morgan fingerprint density at radius 2 is 2.39 bits per heavy atom. The topological polar surface area (TPSA) is 85.8 Å². The van der Waals surface area contributed by atoms with Crippen LogP contribution in [0.5, 0.6) is 0 Å². The second-order valence-electron chi connectivity index (χ2n) is 3.98. The van der Waals surface area contributed by atoms with Crippen LogP contribution in [0.15, 0.2) is 37.1 Å². The van der Waals surface area contributed by atoms with E-state index in [1.165, 1.54) is 0 Å². The minimum Gasteiger partial charge on any atom is -0.348 e. The number of nitrogens with zero attached hydrogens (tertiary/aromatic N) is 3. The Hall–Kier alpha value is -2.21. The Morgan fingerprint density at radius 3 is 3.06 bits per heavy atom. The van der Waals surface area contributed by atoms with Crippen LogP contribution in [0, 0.1) is 0 Å². The summed E-state index contributed by atoms with van der Waals surface area (Å²) >= 11 is 0. The molecule has 2 heterocycles. The molecule has 6 heteroatoms. The predicted molar refractivity (Wildman–Crippen MR) is 67.3 cm³/mol. The molecule has 0 radical (unpaired) electrons. The summed E-state index contributed by atoms with van der Waals surface area (Å²) in [6.45, 7) is 2.26. The summed E-state index contributed by atoms with van der Waals surface area (Å²) < 4.78 is 1.74. The van der Waals surface area contributed by atoms with E-state index < -0.39 is 0 Å². The van der Waals surface area contributed by atoms with E-state index in [9.17, 15) is 4.79 Å². The number of imidazole rings is 1. The van der Waals surface area contributed by atoms with Crippen molar-refractivity contribution in [2.75, 3.05) is 6.54 Å². The smallest absolute Gasteiger partial charge is 0.251 e. The number of carbonyl (C=O) groups is 1. The van der Waals surface area contributed by atoms with Gasteiger partial charge >= 0.3 is 0 Å². The summed E-state index contributed by atoms with van der Waals surface area (Å²) in [5, 5.41) is 2.80. The maximum atomic E-state index is 11.9. The van der Waals surface area contributed by atoms with Crippen LogP contribution in [0.2, 0.25) is 0 Å². The van der Waals surface area contributed by atoms with Crippen LogP contribution < -0.4 is 11.1 Å². The van der Waals surface area contributed by atoms with Crippen LogP contribution in [0.1, 0.15) is 17.3 Å². The molecule has 0 saturated carbocycles. The summed E-state index contributed by atoms with van der Waals surface area (Å²) in [7, 11) is 0. The summed E-state index contributed by atoms with van der Waals surface area (Å²) in [5.41, 5.74) is 6.02. The van der Waals surface area contributed by atoms with Gasteiger partial charge in [-0.1, -0.05) is 0 Å². The first-order valence-corrected chi connectivity index (χ1v) is 5.66. The zero-order chi connectivity index (χ0) is 13.0. The van der Waals surface area contributed by atoms with Gasteiger partial charge in [0.05, 0.1) is 0 Å². The maximum Gasteiger partial charge on any atom is 0.251 e. The third-order valence-electron chi connectivity index (χ3n) is 2.51. The van der Waals surface area contributed by atoms with Crippen molar-refractivity contribution in [2.24, 2.45) is 5.73 Å². The minimum atomic E-state index is -0.156. The van der Waals surface area contributed by atoms with E-state index in [2.05, 4.69) is 15.3 Å². The molecule has 1 amide bonds. The molecule has 0 spiro atoms. The summed E-state index contributed by atoms with van der Waals surface area (Å²) in [6.07, 6.45) is 6.65. The van der Waals surface area contributed by atoms with Gasteiger partial charge < -0.3 is 11.1 Å². The Bertz CT molecular complexity index is 523. The van der Waals surface area contributed by atoms with E-state index in [1.54, 1.807) is 41.6 Å². The van der Waals surface area contributed by atoms with Crippen molar-refractivity contribution < 1.29 is 4.79 Å². The lowest BCUT2D eigenvalue weighted by molar-refractivity contribution is 0.0941. The van der Waals surface area contributed by atoms with Crippen LogP contribution in [-0.4, -0.2) is 33.0 Å². The van der Waals surface area contributed by atoms with E-state index >= 15 is 0 Å². The Kier molecular flexibility index (Phi) is 3.69.